The van der Waals surface area contributed by atoms with Gasteiger partial charge in [-0.15, -0.1) is 0 Å². The summed E-state index contributed by atoms with van der Waals surface area (Å²) < 4.78 is 18.1. The molecule has 0 spiro atoms. The minimum absolute atomic E-state index is 0.127. The summed E-state index contributed by atoms with van der Waals surface area (Å²) in [6.07, 6.45) is 0.153. The highest BCUT2D eigenvalue weighted by molar-refractivity contribution is 8.00. The second kappa shape index (κ2) is 8.21. The van der Waals surface area contributed by atoms with Crippen LogP contribution in [-0.4, -0.2) is 86.1 Å². The Bertz CT molecular complexity index is 804. The minimum Gasteiger partial charge on any atom is -0.444 e. The third-order valence-electron chi connectivity index (χ3n) is 4.88. The Kier molecular flexibility index (Phi) is 6.51. The Morgan fingerprint density at radius 3 is 2.48 bits per heavy atom. The van der Waals surface area contributed by atoms with Gasteiger partial charge < -0.3 is 25.6 Å². The summed E-state index contributed by atoms with van der Waals surface area (Å²) in [5, 5.41) is 1.91. The van der Waals surface area contributed by atoms with E-state index in [-0.39, 0.29) is 18.7 Å². The molecule has 4 amide bonds. The van der Waals surface area contributed by atoms with Crippen molar-refractivity contribution in [3.8, 4) is 0 Å². The number of rotatable bonds is 4. The van der Waals surface area contributed by atoms with Crippen LogP contribution in [0, 0.1) is 0 Å². The van der Waals surface area contributed by atoms with Gasteiger partial charge in [-0.05, 0) is 55.4 Å². The van der Waals surface area contributed by atoms with E-state index >= 15 is 0 Å². The first-order valence-corrected chi connectivity index (χ1v) is 11.4. The van der Waals surface area contributed by atoms with Gasteiger partial charge in [-0.3, -0.25) is 18.6 Å². The molecule has 2 saturated heterocycles. The molecule has 0 aliphatic carbocycles. The quantitative estimate of drug-likeness (QED) is 0.563. The Morgan fingerprint density at radius 1 is 1.31 bits per heavy atom. The van der Waals surface area contributed by atoms with Crippen LogP contribution in [0.3, 0.4) is 0 Å². The topological polar surface area (TPSA) is 139 Å². The number of carbonyl (C=O) groups is 4. The molecule has 2 rings (SSSR count). The molecule has 2 aliphatic heterocycles. The first-order chi connectivity index (χ1) is 13.2. The number of nitrogens with two attached hydrogens (primary N) is 1. The van der Waals surface area contributed by atoms with E-state index in [1.165, 1.54) is 11.9 Å². The van der Waals surface area contributed by atoms with Gasteiger partial charge in [0.25, 0.3) is 0 Å². The van der Waals surface area contributed by atoms with Crippen molar-refractivity contribution in [2.75, 3.05) is 19.3 Å². The van der Waals surface area contributed by atoms with Crippen LogP contribution in [0.5, 0.6) is 0 Å². The van der Waals surface area contributed by atoms with E-state index in [2.05, 4.69) is 11.2 Å². The van der Waals surface area contributed by atoms with Gasteiger partial charge in [0, 0.05) is 12.8 Å². The van der Waals surface area contributed by atoms with Crippen LogP contribution in [0.4, 0.5) is 4.79 Å². The second-order valence-corrected chi connectivity index (χ2v) is 11.2. The van der Waals surface area contributed by atoms with Gasteiger partial charge in [0.05, 0.1) is 0 Å². The molecule has 0 radical (unpaired) electrons. The lowest BCUT2D eigenvalue weighted by Gasteiger charge is -2.30. The number of likely N-dealkylation sites (N-methyl/N-ethyl adjacent to an activating group) is 1. The highest BCUT2D eigenvalue weighted by Gasteiger charge is 2.48. The number of amides is 4. The van der Waals surface area contributed by atoms with E-state index in [0.717, 1.165) is 4.90 Å². The second-order valence-electron chi connectivity index (χ2n) is 8.51. The monoisotopic (exact) mass is 430 g/mol. The van der Waals surface area contributed by atoms with Gasteiger partial charge in [0.1, 0.15) is 29.6 Å². The molecule has 0 aromatic heterocycles. The third-order valence-corrected chi connectivity index (χ3v) is 7.26. The smallest absolute Gasteiger partial charge is 0.410 e. The molecule has 29 heavy (non-hydrogen) atoms. The van der Waals surface area contributed by atoms with E-state index in [9.17, 15) is 23.4 Å². The first kappa shape index (κ1) is 23.0. The van der Waals surface area contributed by atoms with Crippen molar-refractivity contribution in [2.45, 2.75) is 63.1 Å². The lowest BCUT2D eigenvalue weighted by atomic mass is 10.1. The number of carbonyl (C=O) groups excluding carboxylic acids is 4. The summed E-state index contributed by atoms with van der Waals surface area (Å²) in [5.41, 5.74) is 4.71. The molecule has 164 valence electrons. The van der Waals surface area contributed by atoms with Gasteiger partial charge in [0.2, 0.25) is 17.7 Å². The van der Waals surface area contributed by atoms with Crippen molar-refractivity contribution < 1.29 is 28.1 Å². The number of nitrogens with zero attached hydrogens (tertiary/aromatic N) is 2. The zero-order valence-electron chi connectivity index (χ0n) is 17.3. The predicted molar refractivity (Wildman–Crippen MR) is 108 cm³/mol. The predicted octanol–water partition coefficient (Wildman–Crippen LogP) is -0.739. The zero-order chi connectivity index (χ0) is 22.1. The highest BCUT2D eigenvalue weighted by atomic mass is 32.2. The fourth-order valence-corrected chi connectivity index (χ4v) is 5.66. The molecule has 10 nitrogen and oxygen atoms in total. The zero-order valence-corrected chi connectivity index (χ0v) is 18.1. The van der Waals surface area contributed by atoms with Gasteiger partial charge in [-0.25, -0.2) is 4.79 Å². The maximum atomic E-state index is 13.0. The van der Waals surface area contributed by atoms with Crippen molar-refractivity contribution in [1.29, 1.82) is 0 Å². The van der Waals surface area contributed by atoms with Gasteiger partial charge in [-0.2, -0.15) is 0 Å². The van der Waals surface area contributed by atoms with Crippen molar-refractivity contribution in [2.24, 2.45) is 5.73 Å². The van der Waals surface area contributed by atoms with Crippen molar-refractivity contribution >= 4 is 39.2 Å². The van der Waals surface area contributed by atoms with Crippen LogP contribution in [0.15, 0.2) is 0 Å². The van der Waals surface area contributed by atoms with E-state index in [4.69, 9.17) is 10.5 Å². The summed E-state index contributed by atoms with van der Waals surface area (Å²) >= 11 is 0. The summed E-state index contributed by atoms with van der Waals surface area (Å²) in [6.45, 7) is 4.81. The van der Waals surface area contributed by atoms with Crippen LogP contribution in [-0.2, 0) is 28.6 Å². The molecule has 2 fully saturated rings. The van der Waals surface area contributed by atoms with Gasteiger partial charge >= 0.3 is 6.09 Å². The van der Waals surface area contributed by atoms with Gasteiger partial charge in [0.15, 0.2) is 0 Å². The van der Waals surface area contributed by atoms with Crippen LogP contribution >= 0.6 is 0 Å². The number of ether oxygens (including phenoxy) is 1. The number of hydrogen-bond acceptors (Lipinski definition) is 6. The van der Waals surface area contributed by atoms with Crippen molar-refractivity contribution in [3.05, 3.63) is 0 Å². The molecule has 2 heterocycles. The van der Waals surface area contributed by atoms with E-state index < -0.39 is 56.4 Å². The Balaban J connectivity index is 2.10. The number of hydrogen-bond donors (Lipinski definition) is 2. The number of nitrogens with one attached hydrogen (secondary N) is 1. The fraction of sp³-hybridized carbons (Fsp3) is 0.722. The molecule has 3 N–H and O–H groups in total. The average Bonchev–Trinajstić information content (AvgIpc) is 2.99. The summed E-state index contributed by atoms with van der Waals surface area (Å²) in [7, 11) is -1.25. The van der Waals surface area contributed by atoms with E-state index in [0.29, 0.717) is 12.8 Å². The number of fused-ring (bicyclic) bond motifs is 1. The summed E-state index contributed by atoms with van der Waals surface area (Å²) in [4.78, 5) is 51.5. The Hall–Kier alpha value is -2.30. The maximum absolute atomic E-state index is 13.0. The summed E-state index contributed by atoms with van der Waals surface area (Å²) in [6, 6.07) is -1.83. The average molecular weight is 431 g/mol. The lowest BCUT2D eigenvalue weighted by molar-refractivity contribution is -0.141. The standard InChI is InChI=1S/C18H30N4O6S/c1-18(2,3)28-17(26)21(4)10-13(23)20-11-8-9-29(5,27)14-7-6-12(15(19)24)22(14)16(11)25/h11-12,14H,5-10H2,1-4H3,(H2,19,24)(H,20,23)/t11?,12-,14-,29?/m0/s1. The van der Waals surface area contributed by atoms with Crippen LogP contribution < -0.4 is 11.1 Å². The molecule has 2 unspecified atom stereocenters. The normalized spacial score (nSPS) is 29.6. The van der Waals surface area contributed by atoms with Crippen molar-refractivity contribution in [3.63, 3.8) is 0 Å². The minimum atomic E-state index is -2.66. The molecule has 0 saturated carbocycles. The largest absolute Gasteiger partial charge is 0.444 e. The number of primary amides is 1. The maximum Gasteiger partial charge on any atom is 0.410 e. The molecular weight excluding hydrogens is 400 g/mol. The molecule has 0 bridgehead atoms. The third kappa shape index (κ3) is 5.40. The van der Waals surface area contributed by atoms with Crippen LogP contribution in [0.2, 0.25) is 0 Å². The summed E-state index contributed by atoms with van der Waals surface area (Å²) in [5.74, 6) is 2.17. The van der Waals surface area contributed by atoms with Gasteiger partial charge in [-0.1, -0.05) is 0 Å². The molecule has 11 heteroatoms. The lowest BCUT2D eigenvalue weighted by Crippen LogP contribution is -2.55. The van der Waals surface area contributed by atoms with Crippen LogP contribution in [0.25, 0.3) is 0 Å². The highest BCUT2D eigenvalue weighted by Crippen LogP contribution is 2.32. The fourth-order valence-electron chi connectivity index (χ4n) is 3.53. The molecule has 0 aromatic rings. The molecule has 0 aromatic carbocycles. The van der Waals surface area contributed by atoms with Crippen molar-refractivity contribution in [1.82, 2.24) is 15.1 Å². The molecule has 2 aliphatic rings. The van der Waals surface area contributed by atoms with Crippen LogP contribution in [0.1, 0.15) is 40.0 Å². The Morgan fingerprint density at radius 2 is 1.93 bits per heavy atom. The SMILES string of the molecule is C=S1(=O)CCC(NC(=O)CN(C)C(=O)OC(C)(C)C)C(=O)N2[C@H](C(N)=O)CC[C@@H]21. The van der Waals surface area contributed by atoms with E-state index in [1.54, 1.807) is 20.8 Å². The Labute approximate surface area is 171 Å². The molecule has 4 atom stereocenters. The van der Waals surface area contributed by atoms with E-state index in [1.807, 2.05) is 0 Å². The molecular formula is C18H30N4O6S. The first-order valence-electron chi connectivity index (χ1n) is 9.41.